The van der Waals surface area contributed by atoms with Crippen LogP contribution in [0.2, 0.25) is 0 Å². The summed E-state index contributed by atoms with van der Waals surface area (Å²) in [4.78, 5) is 11.8. The van der Waals surface area contributed by atoms with Gasteiger partial charge in [0.1, 0.15) is 5.82 Å². The predicted octanol–water partition coefficient (Wildman–Crippen LogP) is 3.05. The van der Waals surface area contributed by atoms with Gasteiger partial charge in [0.2, 0.25) is 5.95 Å². The van der Waals surface area contributed by atoms with Gasteiger partial charge in [0.25, 0.3) is 0 Å². The lowest BCUT2D eigenvalue weighted by Crippen LogP contribution is -2.31. The van der Waals surface area contributed by atoms with Crippen molar-refractivity contribution in [1.82, 2.24) is 9.97 Å². The van der Waals surface area contributed by atoms with Crippen LogP contribution in [0.4, 0.5) is 11.8 Å². The lowest BCUT2D eigenvalue weighted by Gasteiger charge is -2.33. The number of anilines is 2. The molecule has 20 heavy (non-hydrogen) atoms. The summed E-state index contributed by atoms with van der Waals surface area (Å²) in [6.07, 6.45) is 8.56. The van der Waals surface area contributed by atoms with Crippen LogP contribution in [-0.4, -0.2) is 23.1 Å². The number of aryl methyl sites for hydroxylation is 1. The molecule has 0 spiro atoms. The van der Waals surface area contributed by atoms with E-state index in [1.165, 1.54) is 49.8 Å². The molecule has 1 aliphatic heterocycles. The molecule has 0 atom stereocenters. The predicted molar refractivity (Wildman–Crippen MR) is 83.1 cm³/mol. The van der Waals surface area contributed by atoms with Crippen LogP contribution < -0.4 is 10.6 Å². The fourth-order valence-corrected chi connectivity index (χ4v) is 3.67. The van der Waals surface area contributed by atoms with Gasteiger partial charge >= 0.3 is 0 Å². The molecule has 0 bridgehead atoms. The van der Waals surface area contributed by atoms with Crippen LogP contribution >= 0.6 is 0 Å². The Labute approximate surface area is 121 Å². The SMILES string of the molecule is CC1(C)CCCc2nc(N3CCCCCC3)nc(N)c21. The first-order valence-electron chi connectivity index (χ1n) is 8.00. The molecule has 4 heteroatoms. The Kier molecular flexibility index (Phi) is 3.57. The van der Waals surface area contributed by atoms with E-state index in [2.05, 4.69) is 23.7 Å². The smallest absolute Gasteiger partial charge is 0.227 e. The maximum absolute atomic E-state index is 6.29. The number of hydrogen-bond acceptors (Lipinski definition) is 4. The van der Waals surface area contributed by atoms with E-state index in [1.54, 1.807) is 0 Å². The zero-order valence-corrected chi connectivity index (χ0v) is 12.8. The minimum Gasteiger partial charge on any atom is -0.383 e. The minimum absolute atomic E-state index is 0.120. The molecule has 0 radical (unpaired) electrons. The summed E-state index contributed by atoms with van der Waals surface area (Å²) in [6, 6.07) is 0. The van der Waals surface area contributed by atoms with Crippen molar-refractivity contribution in [3.8, 4) is 0 Å². The highest BCUT2D eigenvalue weighted by atomic mass is 15.3. The Bertz CT molecular complexity index is 487. The molecule has 0 aromatic carbocycles. The van der Waals surface area contributed by atoms with E-state index in [1.807, 2.05) is 0 Å². The fraction of sp³-hybridized carbons (Fsp3) is 0.750. The normalized spacial score (nSPS) is 22.2. The van der Waals surface area contributed by atoms with E-state index in [-0.39, 0.29) is 5.41 Å². The summed E-state index contributed by atoms with van der Waals surface area (Å²) >= 11 is 0. The Balaban J connectivity index is 1.96. The van der Waals surface area contributed by atoms with Crippen LogP contribution in [0.25, 0.3) is 0 Å². The van der Waals surface area contributed by atoms with Gasteiger partial charge in [0.15, 0.2) is 0 Å². The Morgan fingerprint density at radius 2 is 1.70 bits per heavy atom. The minimum atomic E-state index is 0.120. The zero-order valence-electron chi connectivity index (χ0n) is 12.8. The zero-order chi connectivity index (χ0) is 14.2. The van der Waals surface area contributed by atoms with Crippen LogP contribution in [0.3, 0.4) is 0 Å². The largest absolute Gasteiger partial charge is 0.383 e. The number of nitrogens with zero attached hydrogens (tertiary/aromatic N) is 3. The van der Waals surface area contributed by atoms with Gasteiger partial charge in [-0.1, -0.05) is 26.7 Å². The monoisotopic (exact) mass is 274 g/mol. The van der Waals surface area contributed by atoms with Gasteiger partial charge in [-0.2, -0.15) is 4.98 Å². The van der Waals surface area contributed by atoms with Crippen molar-refractivity contribution in [2.24, 2.45) is 0 Å². The van der Waals surface area contributed by atoms with E-state index < -0.39 is 0 Å². The highest BCUT2D eigenvalue weighted by Gasteiger charge is 2.32. The number of fused-ring (bicyclic) bond motifs is 1. The van der Waals surface area contributed by atoms with E-state index in [4.69, 9.17) is 10.7 Å². The summed E-state index contributed by atoms with van der Waals surface area (Å²) in [6.45, 7) is 6.66. The summed E-state index contributed by atoms with van der Waals surface area (Å²) in [7, 11) is 0. The van der Waals surface area contributed by atoms with Gasteiger partial charge in [0, 0.05) is 18.7 Å². The van der Waals surface area contributed by atoms with E-state index in [0.29, 0.717) is 5.82 Å². The van der Waals surface area contributed by atoms with Crippen molar-refractivity contribution in [2.75, 3.05) is 23.7 Å². The molecule has 110 valence electrons. The van der Waals surface area contributed by atoms with Gasteiger partial charge in [-0.05, 0) is 37.5 Å². The highest BCUT2D eigenvalue weighted by Crippen LogP contribution is 2.39. The van der Waals surface area contributed by atoms with Crippen LogP contribution in [-0.2, 0) is 11.8 Å². The van der Waals surface area contributed by atoms with Crippen LogP contribution in [0.15, 0.2) is 0 Å². The summed E-state index contributed by atoms with van der Waals surface area (Å²) in [5, 5.41) is 0. The molecule has 0 unspecified atom stereocenters. The lowest BCUT2D eigenvalue weighted by molar-refractivity contribution is 0.426. The average molecular weight is 274 g/mol. The molecule has 1 aromatic rings. The van der Waals surface area contributed by atoms with Gasteiger partial charge < -0.3 is 10.6 Å². The second-order valence-corrected chi connectivity index (χ2v) is 6.87. The Hall–Kier alpha value is -1.32. The van der Waals surface area contributed by atoms with E-state index >= 15 is 0 Å². The van der Waals surface area contributed by atoms with Crippen LogP contribution in [0.1, 0.15) is 63.6 Å². The molecule has 2 N–H and O–H groups in total. The standard InChI is InChI=1S/C16H26N4/c1-16(2)9-7-8-12-13(16)14(17)19-15(18-12)20-10-5-3-4-6-11-20/h3-11H2,1-2H3,(H2,17,18,19). The van der Waals surface area contributed by atoms with E-state index in [9.17, 15) is 0 Å². The molecular weight excluding hydrogens is 248 g/mol. The average Bonchev–Trinajstić information content (AvgIpc) is 2.66. The van der Waals surface area contributed by atoms with E-state index in [0.717, 1.165) is 25.5 Å². The van der Waals surface area contributed by atoms with Gasteiger partial charge in [0.05, 0.1) is 5.69 Å². The number of hydrogen-bond donors (Lipinski definition) is 1. The first-order valence-corrected chi connectivity index (χ1v) is 8.00. The first-order chi connectivity index (χ1) is 9.58. The molecule has 3 rings (SSSR count). The molecule has 0 amide bonds. The molecule has 2 aliphatic rings. The molecule has 1 aliphatic carbocycles. The topological polar surface area (TPSA) is 55.0 Å². The molecule has 1 saturated heterocycles. The van der Waals surface area contributed by atoms with Crippen molar-refractivity contribution < 1.29 is 0 Å². The Morgan fingerprint density at radius 1 is 1.00 bits per heavy atom. The van der Waals surface area contributed by atoms with Crippen LogP contribution in [0.5, 0.6) is 0 Å². The molecule has 0 saturated carbocycles. The first kappa shape index (κ1) is 13.7. The van der Waals surface area contributed by atoms with Crippen molar-refractivity contribution in [3.05, 3.63) is 11.3 Å². The van der Waals surface area contributed by atoms with Crippen molar-refractivity contribution in [2.45, 2.75) is 64.2 Å². The second kappa shape index (κ2) is 5.23. The molecule has 4 nitrogen and oxygen atoms in total. The number of rotatable bonds is 1. The third-order valence-electron chi connectivity index (χ3n) is 4.78. The number of aromatic nitrogens is 2. The second-order valence-electron chi connectivity index (χ2n) is 6.87. The maximum Gasteiger partial charge on any atom is 0.227 e. The quantitative estimate of drug-likeness (QED) is 0.855. The van der Waals surface area contributed by atoms with Gasteiger partial charge in [-0.25, -0.2) is 4.98 Å². The summed E-state index contributed by atoms with van der Waals surface area (Å²) in [5.74, 6) is 1.57. The summed E-state index contributed by atoms with van der Waals surface area (Å²) < 4.78 is 0. The van der Waals surface area contributed by atoms with Gasteiger partial charge in [-0.3, -0.25) is 0 Å². The summed E-state index contributed by atoms with van der Waals surface area (Å²) in [5.41, 5.74) is 8.79. The van der Waals surface area contributed by atoms with Crippen molar-refractivity contribution in [1.29, 1.82) is 0 Å². The number of nitrogen functional groups attached to an aromatic ring is 1. The molecule has 2 heterocycles. The molecular formula is C16H26N4. The number of nitrogens with two attached hydrogens (primary N) is 1. The van der Waals surface area contributed by atoms with Crippen molar-refractivity contribution >= 4 is 11.8 Å². The third-order valence-corrected chi connectivity index (χ3v) is 4.78. The Morgan fingerprint density at radius 3 is 2.40 bits per heavy atom. The highest BCUT2D eigenvalue weighted by molar-refractivity contribution is 5.52. The molecule has 1 fully saturated rings. The fourth-order valence-electron chi connectivity index (χ4n) is 3.67. The van der Waals surface area contributed by atoms with Crippen molar-refractivity contribution in [3.63, 3.8) is 0 Å². The molecule has 1 aromatic heterocycles. The van der Waals surface area contributed by atoms with Gasteiger partial charge in [-0.15, -0.1) is 0 Å². The third kappa shape index (κ3) is 2.48. The lowest BCUT2D eigenvalue weighted by atomic mass is 9.74. The maximum atomic E-state index is 6.29. The van der Waals surface area contributed by atoms with Crippen LogP contribution in [0, 0.1) is 0 Å².